The highest BCUT2D eigenvalue weighted by Crippen LogP contribution is 2.80. The van der Waals surface area contributed by atoms with Crippen LogP contribution in [0, 0.1) is 50.2 Å². The smallest absolute Gasteiger partial charge is 0.187 e. The second-order valence-corrected chi connectivity index (χ2v) is 23.2. The Hall–Kier alpha value is -1.26. The number of hydrogen-bond acceptors (Lipinski definition) is 17. The monoisotopic (exact) mass is 910 g/mol. The number of carbonyl (C=O) groups is 2. The highest BCUT2D eigenvalue weighted by atomic mass is 16.8. The lowest BCUT2D eigenvalue weighted by molar-refractivity contribution is -0.382. The first-order chi connectivity index (χ1) is 30.0. The van der Waals surface area contributed by atoms with Gasteiger partial charge in [0.05, 0.1) is 43.0 Å². The van der Waals surface area contributed by atoms with Crippen LogP contribution in [0.3, 0.4) is 0 Å². The molecule has 24 atom stereocenters. The number of aliphatic hydroxyl groups is 8. The van der Waals surface area contributed by atoms with E-state index in [-0.39, 0.29) is 40.8 Å². The molecule has 17 heteroatoms. The van der Waals surface area contributed by atoms with E-state index in [1.54, 1.807) is 0 Å². The predicted octanol–water partition coefficient (Wildman–Crippen LogP) is 0.879. The van der Waals surface area contributed by atoms with Crippen LogP contribution in [0.2, 0.25) is 0 Å². The Bertz CT molecular complexity index is 1780. The molecule has 0 amide bonds. The number of fused-ring (bicyclic) bond motifs is 4. The van der Waals surface area contributed by atoms with Gasteiger partial charge >= 0.3 is 0 Å². The van der Waals surface area contributed by atoms with Gasteiger partial charge in [-0.3, -0.25) is 4.79 Å². The largest absolute Gasteiger partial charge is 0.394 e. The minimum absolute atomic E-state index is 0.0307. The maximum atomic E-state index is 14.5. The summed E-state index contributed by atoms with van der Waals surface area (Å²) < 4.78 is 43.0. The second kappa shape index (κ2) is 16.2. The topological polar surface area (TPSA) is 261 Å². The summed E-state index contributed by atoms with van der Waals surface area (Å²) in [5.41, 5.74) is -2.46. The minimum atomic E-state index is -1.76. The van der Waals surface area contributed by atoms with Crippen molar-refractivity contribution in [3.63, 3.8) is 0 Å². The second-order valence-electron chi connectivity index (χ2n) is 23.2. The molecule has 0 aromatic rings. The van der Waals surface area contributed by atoms with Gasteiger partial charge in [0, 0.05) is 23.2 Å². The van der Waals surface area contributed by atoms with E-state index in [1.807, 2.05) is 0 Å². The van der Waals surface area contributed by atoms with Gasteiger partial charge in [0.1, 0.15) is 73.1 Å². The Labute approximate surface area is 375 Å². The van der Waals surface area contributed by atoms with Crippen molar-refractivity contribution in [3.8, 4) is 0 Å². The van der Waals surface area contributed by atoms with Crippen LogP contribution < -0.4 is 0 Å². The number of aldehydes is 1. The summed E-state index contributed by atoms with van der Waals surface area (Å²) >= 11 is 0. The lowest BCUT2D eigenvalue weighted by Crippen LogP contribution is -2.73. The summed E-state index contributed by atoms with van der Waals surface area (Å²) in [6.07, 6.45) is -12.4. The number of Topliss-reactive ketones (excluding diaryl/α,β-unsaturated/α-hetero) is 1. The molecule has 5 aliphatic carbocycles. The van der Waals surface area contributed by atoms with Crippen LogP contribution in [0.5, 0.6) is 0 Å². The normalized spacial score (nSPS) is 58.1. The lowest BCUT2D eigenvalue weighted by Gasteiger charge is -2.74. The molecule has 0 aromatic heterocycles. The fourth-order valence-corrected chi connectivity index (χ4v) is 15.9. The molecule has 8 N–H and O–H groups in total. The van der Waals surface area contributed by atoms with Crippen molar-refractivity contribution in [1.82, 2.24) is 0 Å². The number of carbonyl (C=O) groups excluding carboxylic acids is 2. The standard InChI is InChI=1S/C47H74O17/c1-22-30(51)33(54)36(57)39(60-22)64-37-34(55)31(52)23(18-48)61-40(37)62-24-19-58-38(35(56)32(24)53)63-29-10-11-43(5)25(41(29,2)3)8-12-44(6)26(43)9-13-47-27-16-42(4,20-49)14-15-46(27,21-59-47)28(50)17-45(44,47)7/h20,22-27,29-40,48,51-57H,8-19,21H2,1-7H3/t22-,23+,24-,25-,26+,27+,29-,30-,31-,32-,33+,34-,35+,36+,37+,38-,39-,40-,42-,43-,44+,45-,46+,47-/m0/s1. The zero-order chi connectivity index (χ0) is 46.3. The molecule has 4 saturated heterocycles. The maximum Gasteiger partial charge on any atom is 0.187 e. The SMILES string of the molecule is C[C@@H]1O[C@@H](O[C@H]2[C@H](O[C@H]3CO[C@@H](O[C@H]4CC[C@]5(C)[C@H]6CC[C@]78OC[C@@]9(CC[C@](C)(C=O)C[C@H]97)C(=O)C[C@@]8(C)[C@]6(C)CC[C@H]5C4(C)C)[C@H](O)[C@H]3O)O[C@H](CO)[C@H](O)[C@@H]2O)[C@H](O)[C@H](O)[C@H]1O. The molecule has 0 unspecified atom stereocenters. The van der Waals surface area contributed by atoms with E-state index in [9.17, 15) is 50.4 Å². The molecule has 5 saturated carbocycles. The van der Waals surface area contributed by atoms with Crippen LogP contribution in [-0.2, 0) is 42.7 Å². The first kappa shape index (κ1) is 47.8. The zero-order valence-corrected chi connectivity index (χ0v) is 38.4. The van der Waals surface area contributed by atoms with Crippen molar-refractivity contribution < 1.29 is 83.6 Å². The van der Waals surface area contributed by atoms with E-state index in [1.165, 1.54) is 6.92 Å². The van der Waals surface area contributed by atoms with E-state index in [4.69, 9.17) is 33.2 Å². The minimum Gasteiger partial charge on any atom is -0.394 e. The van der Waals surface area contributed by atoms with Gasteiger partial charge in [-0.15, -0.1) is 0 Å². The molecule has 17 nitrogen and oxygen atoms in total. The van der Waals surface area contributed by atoms with Gasteiger partial charge in [-0.1, -0.05) is 41.5 Å². The molecule has 364 valence electrons. The first-order valence-corrected chi connectivity index (χ1v) is 23.9. The van der Waals surface area contributed by atoms with Crippen LogP contribution in [0.25, 0.3) is 0 Å². The van der Waals surface area contributed by atoms with E-state index in [0.29, 0.717) is 44.0 Å². The van der Waals surface area contributed by atoms with Crippen LogP contribution in [0.1, 0.15) is 113 Å². The number of hydrogen-bond donors (Lipinski definition) is 8. The Balaban J connectivity index is 0.883. The summed E-state index contributed by atoms with van der Waals surface area (Å²) in [6, 6.07) is 0. The summed E-state index contributed by atoms with van der Waals surface area (Å²) in [4.78, 5) is 27.0. The predicted molar refractivity (Wildman–Crippen MR) is 222 cm³/mol. The summed E-state index contributed by atoms with van der Waals surface area (Å²) in [5, 5.41) is 85.8. The molecular weight excluding hydrogens is 837 g/mol. The molecule has 4 aliphatic heterocycles. The van der Waals surface area contributed by atoms with Crippen LogP contribution in [0.4, 0.5) is 0 Å². The summed E-state index contributed by atoms with van der Waals surface area (Å²) in [7, 11) is 0. The van der Waals surface area contributed by atoms with Crippen LogP contribution >= 0.6 is 0 Å². The van der Waals surface area contributed by atoms with E-state index < -0.39 is 114 Å². The fourth-order valence-electron chi connectivity index (χ4n) is 15.9. The fraction of sp³-hybridized carbons (Fsp3) is 0.957. The Morgan fingerprint density at radius 3 is 2.11 bits per heavy atom. The van der Waals surface area contributed by atoms with Crippen molar-refractivity contribution in [2.24, 2.45) is 50.2 Å². The van der Waals surface area contributed by atoms with Gasteiger partial charge in [0.15, 0.2) is 18.9 Å². The first-order valence-electron chi connectivity index (χ1n) is 23.9. The van der Waals surface area contributed by atoms with Crippen LogP contribution in [0.15, 0.2) is 0 Å². The van der Waals surface area contributed by atoms with Gasteiger partial charge in [-0.2, -0.15) is 0 Å². The highest BCUT2D eigenvalue weighted by molar-refractivity contribution is 5.89. The van der Waals surface area contributed by atoms with E-state index >= 15 is 0 Å². The summed E-state index contributed by atoms with van der Waals surface area (Å²) in [5.74, 6) is 0.893. The third-order valence-corrected chi connectivity index (χ3v) is 19.9. The van der Waals surface area contributed by atoms with Crippen LogP contribution in [-0.4, -0.2) is 170 Å². The molecule has 4 heterocycles. The third-order valence-electron chi connectivity index (χ3n) is 19.9. The van der Waals surface area contributed by atoms with E-state index in [0.717, 1.165) is 44.8 Å². The van der Waals surface area contributed by atoms with Gasteiger partial charge in [-0.05, 0) is 92.8 Å². The van der Waals surface area contributed by atoms with Crippen molar-refractivity contribution in [2.45, 2.75) is 210 Å². The number of aliphatic hydroxyl groups excluding tert-OH is 8. The van der Waals surface area contributed by atoms with Crippen molar-refractivity contribution in [1.29, 1.82) is 0 Å². The van der Waals surface area contributed by atoms with Crippen molar-refractivity contribution >= 4 is 12.1 Å². The maximum absolute atomic E-state index is 14.5. The molecule has 0 radical (unpaired) electrons. The lowest BCUT2D eigenvalue weighted by atomic mass is 9.30. The van der Waals surface area contributed by atoms with Gasteiger partial charge in [0.2, 0.25) is 0 Å². The van der Waals surface area contributed by atoms with Crippen molar-refractivity contribution in [3.05, 3.63) is 0 Å². The molecule has 2 bridgehead atoms. The Morgan fingerprint density at radius 2 is 1.41 bits per heavy atom. The number of ketones is 1. The van der Waals surface area contributed by atoms with Gasteiger partial charge < -0.3 is 78.8 Å². The average molecular weight is 911 g/mol. The van der Waals surface area contributed by atoms with Gasteiger partial charge in [0.25, 0.3) is 0 Å². The Morgan fingerprint density at radius 1 is 0.703 bits per heavy atom. The summed E-state index contributed by atoms with van der Waals surface area (Å²) in [6.45, 7) is 14.6. The number of ether oxygens (including phenoxy) is 7. The molecule has 9 rings (SSSR count). The molecule has 9 fully saturated rings. The van der Waals surface area contributed by atoms with Crippen molar-refractivity contribution in [2.75, 3.05) is 19.8 Å². The molecular formula is C47H74O17. The molecule has 9 aliphatic rings. The average Bonchev–Trinajstić information content (AvgIpc) is 3.53. The zero-order valence-electron chi connectivity index (χ0n) is 38.4. The highest BCUT2D eigenvalue weighted by Gasteiger charge is 2.80. The third kappa shape index (κ3) is 6.64. The molecule has 1 spiro atoms. The number of rotatable bonds is 8. The van der Waals surface area contributed by atoms with Gasteiger partial charge in [-0.25, -0.2) is 0 Å². The molecule has 64 heavy (non-hydrogen) atoms. The van der Waals surface area contributed by atoms with E-state index in [2.05, 4.69) is 41.5 Å². The Kier molecular flexibility index (Phi) is 12.1. The quantitative estimate of drug-likeness (QED) is 0.124. The molecule has 0 aromatic carbocycles.